The molecule has 1 heterocycles. The van der Waals surface area contributed by atoms with Crippen molar-refractivity contribution in [2.75, 3.05) is 7.11 Å². The molecule has 2 amide bonds. The molecular formula is C18H17N3O3S. The average molecular weight is 355 g/mol. The third-order valence-corrected chi connectivity index (χ3v) is 4.67. The number of aromatic nitrogens is 1. The minimum absolute atomic E-state index is 0.242. The quantitative estimate of drug-likeness (QED) is 0.690. The Morgan fingerprint density at radius 2 is 1.84 bits per heavy atom. The van der Waals surface area contributed by atoms with Gasteiger partial charge in [0, 0.05) is 12.8 Å². The van der Waals surface area contributed by atoms with Crippen molar-refractivity contribution in [3.63, 3.8) is 0 Å². The third kappa shape index (κ3) is 4.13. The van der Waals surface area contributed by atoms with Crippen LogP contribution < -0.4 is 15.6 Å². The second-order valence-electron chi connectivity index (χ2n) is 5.28. The van der Waals surface area contributed by atoms with Gasteiger partial charge in [-0.05, 0) is 24.3 Å². The lowest BCUT2D eigenvalue weighted by Gasteiger charge is -2.09. The van der Waals surface area contributed by atoms with Crippen LogP contribution in [0.3, 0.4) is 0 Å². The second-order valence-corrected chi connectivity index (χ2v) is 6.39. The lowest BCUT2D eigenvalue weighted by molar-refractivity contribution is -0.121. The van der Waals surface area contributed by atoms with E-state index in [4.69, 9.17) is 4.74 Å². The number of para-hydroxylation sites is 2. The molecule has 0 radical (unpaired) electrons. The highest BCUT2D eigenvalue weighted by atomic mass is 32.1. The van der Waals surface area contributed by atoms with Crippen LogP contribution in [0.4, 0.5) is 0 Å². The van der Waals surface area contributed by atoms with Crippen LogP contribution in [-0.2, 0) is 11.2 Å². The number of carbonyl (C=O) groups excluding carboxylic acids is 2. The van der Waals surface area contributed by atoms with Gasteiger partial charge >= 0.3 is 0 Å². The number of nitrogens with zero attached hydrogens (tertiary/aromatic N) is 1. The Hall–Kier alpha value is -2.93. The van der Waals surface area contributed by atoms with Gasteiger partial charge in [0.05, 0.1) is 27.9 Å². The van der Waals surface area contributed by atoms with Crippen molar-refractivity contribution in [1.82, 2.24) is 15.8 Å². The number of carbonyl (C=O) groups is 2. The first kappa shape index (κ1) is 16.9. The molecule has 0 atom stereocenters. The molecule has 2 N–H and O–H groups in total. The lowest BCUT2D eigenvalue weighted by atomic mass is 10.2. The molecule has 6 nitrogen and oxygen atoms in total. The highest BCUT2D eigenvalue weighted by molar-refractivity contribution is 7.18. The summed E-state index contributed by atoms with van der Waals surface area (Å²) in [7, 11) is 1.49. The van der Waals surface area contributed by atoms with Gasteiger partial charge in [-0.25, -0.2) is 4.98 Å². The number of hydrogen-bond acceptors (Lipinski definition) is 5. The fourth-order valence-corrected chi connectivity index (χ4v) is 3.30. The molecule has 7 heteroatoms. The Labute approximate surface area is 148 Å². The largest absolute Gasteiger partial charge is 0.496 e. The number of nitrogens with one attached hydrogen (secondary N) is 2. The topological polar surface area (TPSA) is 80.3 Å². The van der Waals surface area contributed by atoms with E-state index in [1.807, 2.05) is 24.3 Å². The Kier molecular flexibility index (Phi) is 5.25. The maximum absolute atomic E-state index is 12.1. The Morgan fingerprint density at radius 3 is 2.64 bits per heavy atom. The van der Waals surface area contributed by atoms with Crippen LogP contribution >= 0.6 is 11.3 Å². The zero-order valence-corrected chi connectivity index (χ0v) is 14.4. The minimum Gasteiger partial charge on any atom is -0.496 e. The van der Waals surface area contributed by atoms with Crippen molar-refractivity contribution in [2.45, 2.75) is 12.8 Å². The van der Waals surface area contributed by atoms with Gasteiger partial charge in [-0.2, -0.15) is 0 Å². The van der Waals surface area contributed by atoms with Gasteiger partial charge in [-0.3, -0.25) is 20.4 Å². The van der Waals surface area contributed by atoms with Gasteiger partial charge in [0.2, 0.25) is 5.91 Å². The summed E-state index contributed by atoms with van der Waals surface area (Å²) in [5.74, 6) is -0.253. The van der Waals surface area contributed by atoms with E-state index in [1.165, 1.54) is 7.11 Å². The predicted octanol–water partition coefficient (Wildman–Crippen LogP) is 2.70. The Bertz CT molecular complexity index is 874. The van der Waals surface area contributed by atoms with Crippen LogP contribution in [0.1, 0.15) is 21.8 Å². The number of thiazole rings is 1. The maximum atomic E-state index is 12.1. The van der Waals surface area contributed by atoms with Crippen molar-refractivity contribution in [3.8, 4) is 5.75 Å². The highest BCUT2D eigenvalue weighted by Gasteiger charge is 2.12. The van der Waals surface area contributed by atoms with Crippen LogP contribution in [-0.4, -0.2) is 23.9 Å². The Balaban J connectivity index is 1.51. The first-order valence-corrected chi connectivity index (χ1v) is 8.55. The van der Waals surface area contributed by atoms with Gasteiger partial charge in [-0.15, -0.1) is 11.3 Å². The summed E-state index contributed by atoms with van der Waals surface area (Å²) in [5, 5.41) is 0.896. The fourth-order valence-electron chi connectivity index (χ4n) is 2.34. The molecule has 0 unspecified atom stereocenters. The standard InChI is InChI=1S/C18H17N3O3S/c1-24-14-8-4-2-6-12(14)18(23)21-20-16(22)10-11-17-19-13-7-3-5-9-15(13)25-17/h2-9H,10-11H2,1H3,(H,20,22)(H,21,23). The molecule has 3 rings (SSSR count). The van der Waals surface area contributed by atoms with E-state index >= 15 is 0 Å². The van der Waals surface area contributed by atoms with Gasteiger partial charge in [-0.1, -0.05) is 24.3 Å². The van der Waals surface area contributed by atoms with Crippen molar-refractivity contribution in [3.05, 3.63) is 59.1 Å². The number of methoxy groups -OCH3 is 1. The molecule has 0 bridgehead atoms. The van der Waals surface area contributed by atoms with E-state index in [-0.39, 0.29) is 12.3 Å². The summed E-state index contributed by atoms with van der Waals surface area (Å²) in [6, 6.07) is 14.7. The van der Waals surface area contributed by atoms with Gasteiger partial charge < -0.3 is 4.74 Å². The van der Waals surface area contributed by atoms with Crippen molar-refractivity contribution in [1.29, 1.82) is 0 Å². The molecule has 0 spiro atoms. The molecule has 25 heavy (non-hydrogen) atoms. The number of ether oxygens (including phenoxy) is 1. The number of amides is 2. The van der Waals surface area contributed by atoms with Crippen molar-refractivity contribution < 1.29 is 14.3 Å². The van der Waals surface area contributed by atoms with Crippen LogP contribution in [0, 0.1) is 0 Å². The molecule has 0 aliphatic heterocycles. The van der Waals surface area contributed by atoms with Crippen LogP contribution in [0.15, 0.2) is 48.5 Å². The van der Waals surface area contributed by atoms with Gasteiger partial charge in [0.1, 0.15) is 5.75 Å². The molecule has 0 fully saturated rings. The zero-order valence-electron chi connectivity index (χ0n) is 13.6. The van der Waals surface area contributed by atoms with E-state index in [0.29, 0.717) is 17.7 Å². The molecule has 0 saturated heterocycles. The van der Waals surface area contributed by atoms with Gasteiger partial charge in [0.15, 0.2) is 0 Å². The van der Waals surface area contributed by atoms with E-state index in [1.54, 1.807) is 35.6 Å². The van der Waals surface area contributed by atoms with Crippen molar-refractivity contribution >= 4 is 33.4 Å². The Morgan fingerprint density at radius 1 is 1.08 bits per heavy atom. The molecule has 0 aliphatic rings. The number of benzene rings is 2. The zero-order chi connectivity index (χ0) is 17.6. The molecule has 3 aromatic rings. The molecule has 128 valence electrons. The first-order valence-electron chi connectivity index (χ1n) is 7.74. The summed E-state index contributed by atoms with van der Waals surface area (Å²) in [4.78, 5) is 28.5. The van der Waals surface area contributed by atoms with Gasteiger partial charge in [0.25, 0.3) is 5.91 Å². The third-order valence-electron chi connectivity index (χ3n) is 3.57. The van der Waals surface area contributed by atoms with E-state index < -0.39 is 5.91 Å². The number of hydrogen-bond donors (Lipinski definition) is 2. The summed E-state index contributed by atoms with van der Waals surface area (Å²) < 4.78 is 6.23. The monoisotopic (exact) mass is 355 g/mol. The van der Waals surface area contributed by atoms with E-state index in [9.17, 15) is 9.59 Å². The molecule has 0 saturated carbocycles. The number of rotatable bonds is 5. The SMILES string of the molecule is COc1ccccc1C(=O)NNC(=O)CCc1nc2ccccc2s1. The summed E-state index contributed by atoms with van der Waals surface area (Å²) in [6.07, 6.45) is 0.766. The second kappa shape index (κ2) is 7.76. The lowest BCUT2D eigenvalue weighted by Crippen LogP contribution is -2.41. The highest BCUT2D eigenvalue weighted by Crippen LogP contribution is 2.22. The summed E-state index contributed by atoms with van der Waals surface area (Å²) in [5.41, 5.74) is 6.12. The average Bonchev–Trinajstić information content (AvgIpc) is 3.07. The van der Waals surface area contributed by atoms with Crippen LogP contribution in [0.2, 0.25) is 0 Å². The van der Waals surface area contributed by atoms with Crippen molar-refractivity contribution in [2.24, 2.45) is 0 Å². The minimum atomic E-state index is -0.425. The summed E-state index contributed by atoms with van der Waals surface area (Å²) >= 11 is 1.57. The van der Waals surface area contributed by atoms with Crippen LogP contribution in [0.25, 0.3) is 10.2 Å². The number of aryl methyl sites for hydroxylation is 1. The molecule has 1 aromatic heterocycles. The summed E-state index contributed by atoms with van der Waals surface area (Å²) in [6.45, 7) is 0. The predicted molar refractivity (Wildman–Crippen MR) is 96.5 cm³/mol. The maximum Gasteiger partial charge on any atom is 0.273 e. The van der Waals surface area contributed by atoms with Crippen LogP contribution in [0.5, 0.6) is 5.75 Å². The normalized spacial score (nSPS) is 10.4. The van der Waals surface area contributed by atoms with E-state index in [0.717, 1.165) is 15.2 Å². The van der Waals surface area contributed by atoms with E-state index in [2.05, 4.69) is 15.8 Å². The molecule has 0 aliphatic carbocycles. The number of hydrazine groups is 1. The molecular weight excluding hydrogens is 338 g/mol. The first-order chi connectivity index (χ1) is 12.2. The number of fused-ring (bicyclic) bond motifs is 1. The molecule has 2 aromatic carbocycles. The fraction of sp³-hybridized carbons (Fsp3) is 0.167. The smallest absolute Gasteiger partial charge is 0.273 e.